The zero-order chi connectivity index (χ0) is 22.3. The molecule has 4 aliphatic carbocycles. The fraction of sp³-hybridized carbons (Fsp3) is 0.522. The van der Waals surface area contributed by atoms with Crippen LogP contribution in [0.1, 0.15) is 55.8 Å². The molecule has 9 nitrogen and oxygen atoms in total. The van der Waals surface area contributed by atoms with E-state index in [4.69, 9.17) is 4.74 Å². The van der Waals surface area contributed by atoms with Crippen LogP contribution in [-0.2, 0) is 4.74 Å². The van der Waals surface area contributed by atoms with Crippen LogP contribution in [-0.4, -0.2) is 33.0 Å². The minimum Gasteiger partial charge on any atom is -0.462 e. The van der Waals surface area contributed by atoms with E-state index in [0.29, 0.717) is 29.0 Å². The average Bonchev–Trinajstić information content (AvgIpc) is 2.73. The van der Waals surface area contributed by atoms with Gasteiger partial charge in [0.05, 0.1) is 17.1 Å². The van der Waals surface area contributed by atoms with Gasteiger partial charge in [-0.3, -0.25) is 10.1 Å². The third-order valence-corrected chi connectivity index (χ3v) is 7.06. The molecule has 168 valence electrons. The Morgan fingerprint density at radius 3 is 2.44 bits per heavy atom. The molecular weight excluding hydrogens is 410 g/mol. The number of hydrogen-bond acceptors (Lipinski definition) is 8. The van der Waals surface area contributed by atoms with Crippen molar-refractivity contribution in [1.82, 2.24) is 9.97 Å². The van der Waals surface area contributed by atoms with Crippen molar-refractivity contribution in [3.8, 4) is 0 Å². The van der Waals surface area contributed by atoms with Crippen molar-refractivity contribution in [2.45, 2.75) is 51.0 Å². The monoisotopic (exact) mass is 437 g/mol. The van der Waals surface area contributed by atoms with Crippen molar-refractivity contribution in [2.75, 3.05) is 17.2 Å². The zero-order valence-electron chi connectivity index (χ0n) is 18.0. The Morgan fingerprint density at radius 2 is 1.81 bits per heavy atom. The lowest BCUT2D eigenvalue weighted by Crippen LogP contribution is -2.55. The van der Waals surface area contributed by atoms with E-state index in [1.807, 2.05) is 0 Å². The van der Waals surface area contributed by atoms with Gasteiger partial charge in [0.15, 0.2) is 0 Å². The topological polar surface area (TPSA) is 119 Å². The van der Waals surface area contributed by atoms with E-state index in [2.05, 4.69) is 20.6 Å². The number of hydrogen-bond donors (Lipinski definition) is 2. The summed E-state index contributed by atoms with van der Waals surface area (Å²) < 4.78 is 5.04. The largest absolute Gasteiger partial charge is 0.462 e. The van der Waals surface area contributed by atoms with Gasteiger partial charge in [-0.05, 0) is 81.4 Å². The molecule has 0 radical (unpaired) electrons. The highest BCUT2D eigenvalue weighted by Gasteiger charge is 2.51. The fourth-order valence-corrected chi connectivity index (χ4v) is 6.32. The first-order valence-corrected chi connectivity index (χ1v) is 11.3. The van der Waals surface area contributed by atoms with Gasteiger partial charge in [0.25, 0.3) is 0 Å². The molecule has 4 aliphatic rings. The number of benzene rings is 1. The molecule has 1 heterocycles. The Balaban J connectivity index is 1.43. The number of rotatable bonds is 7. The van der Waals surface area contributed by atoms with Gasteiger partial charge in [-0.1, -0.05) is 6.07 Å². The van der Waals surface area contributed by atoms with E-state index < -0.39 is 10.9 Å². The average molecular weight is 438 g/mol. The summed E-state index contributed by atoms with van der Waals surface area (Å²) in [5, 5.41) is 18.6. The molecule has 1 aromatic heterocycles. The lowest BCUT2D eigenvalue weighted by Gasteiger charge is -2.57. The Hall–Kier alpha value is -3.23. The van der Waals surface area contributed by atoms with Crippen LogP contribution in [0.2, 0.25) is 0 Å². The molecular formula is C23H27N5O4. The summed E-state index contributed by atoms with van der Waals surface area (Å²) in [7, 11) is 0. The van der Waals surface area contributed by atoms with Crippen LogP contribution in [0.3, 0.4) is 0 Å². The van der Waals surface area contributed by atoms with Gasteiger partial charge in [-0.2, -0.15) is 0 Å². The minimum absolute atomic E-state index is 0.0956. The van der Waals surface area contributed by atoms with Gasteiger partial charge in [-0.15, -0.1) is 0 Å². The molecule has 2 aromatic rings. The van der Waals surface area contributed by atoms with Crippen molar-refractivity contribution in [3.63, 3.8) is 0 Å². The lowest BCUT2D eigenvalue weighted by molar-refractivity contribution is -0.383. The van der Waals surface area contributed by atoms with Gasteiger partial charge in [0, 0.05) is 11.2 Å². The van der Waals surface area contributed by atoms with Crippen LogP contribution in [0.5, 0.6) is 0 Å². The molecule has 0 saturated heterocycles. The van der Waals surface area contributed by atoms with Crippen LogP contribution >= 0.6 is 0 Å². The third kappa shape index (κ3) is 3.87. The summed E-state index contributed by atoms with van der Waals surface area (Å²) in [6.07, 6.45) is 8.34. The van der Waals surface area contributed by atoms with Gasteiger partial charge in [-0.25, -0.2) is 14.8 Å². The third-order valence-electron chi connectivity index (χ3n) is 7.06. The first kappa shape index (κ1) is 20.7. The highest BCUT2D eigenvalue weighted by Crippen LogP contribution is 2.57. The van der Waals surface area contributed by atoms with Crippen LogP contribution in [0.4, 0.5) is 23.0 Å². The SMILES string of the molecule is CCOC(=O)c1cccc(Nc2ncnc(NC34CC5CC(CC(C5)C3)C4)c2[N+](=O)[O-])c1. The predicted octanol–water partition coefficient (Wildman–Crippen LogP) is 4.69. The second kappa shape index (κ2) is 8.03. The van der Waals surface area contributed by atoms with E-state index in [0.717, 1.165) is 19.3 Å². The van der Waals surface area contributed by atoms with E-state index in [9.17, 15) is 14.9 Å². The van der Waals surface area contributed by atoms with Crippen LogP contribution < -0.4 is 10.6 Å². The number of carbonyl (C=O) groups excluding carboxylic acids is 1. The first-order chi connectivity index (χ1) is 15.4. The number of ether oxygens (including phenoxy) is 1. The maximum absolute atomic E-state index is 12.1. The molecule has 4 fully saturated rings. The van der Waals surface area contributed by atoms with E-state index in [-0.39, 0.29) is 29.5 Å². The number of nitro groups is 1. The molecule has 4 bridgehead atoms. The predicted molar refractivity (Wildman–Crippen MR) is 119 cm³/mol. The first-order valence-electron chi connectivity index (χ1n) is 11.3. The summed E-state index contributed by atoms with van der Waals surface area (Å²) in [5.74, 6) is 2.03. The van der Waals surface area contributed by atoms with Crippen molar-refractivity contribution in [3.05, 3.63) is 46.3 Å². The Bertz CT molecular complexity index is 1020. The quantitative estimate of drug-likeness (QED) is 0.364. The van der Waals surface area contributed by atoms with Crippen molar-refractivity contribution < 1.29 is 14.5 Å². The molecule has 0 amide bonds. The molecule has 2 N–H and O–H groups in total. The summed E-state index contributed by atoms with van der Waals surface area (Å²) in [6.45, 7) is 2.01. The van der Waals surface area contributed by atoms with Gasteiger partial charge in [0.1, 0.15) is 6.33 Å². The van der Waals surface area contributed by atoms with Crippen LogP contribution in [0.25, 0.3) is 0 Å². The van der Waals surface area contributed by atoms with Gasteiger partial charge in [0.2, 0.25) is 11.6 Å². The lowest BCUT2D eigenvalue weighted by atomic mass is 9.53. The molecule has 6 rings (SSSR count). The Morgan fingerprint density at radius 1 is 1.16 bits per heavy atom. The second-order valence-electron chi connectivity index (χ2n) is 9.43. The summed E-state index contributed by atoms with van der Waals surface area (Å²) in [4.78, 5) is 32.1. The second-order valence-corrected chi connectivity index (χ2v) is 9.43. The van der Waals surface area contributed by atoms with Gasteiger partial charge < -0.3 is 15.4 Å². The molecule has 1 aromatic carbocycles. The van der Waals surface area contributed by atoms with Crippen molar-refractivity contribution >= 4 is 29.0 Å². The number of anilines is 3. The van der Waals surface area contributed by atoms with E-state index in [1.54, 1.807) is 31.2 Å². The number of aromatic nitrogens is 2. The smallest absolute Gasteiger partial charge is 0.353 e. The molecule has 4 saturated carbocycles. The van der Waals surface area contributed by atoms with E-state index in [1.165, 1.54) is 25.6 Å². The normalized spacial score (nSPS) is 27.7. The molecule has 9 heteroatoms. The Labute approximate surface area is 186 Å². The number of carbonyl (C=O) groups is 1. The maximum atomic E-state index is 12.1. The molecule has 0 spiro atoms. The van der Waals surface area contributed by atoms with Crippen LogP contribution in [0, 0.1) is 27.9 Å². The summed E-state index contributed by atoms with van der Waals surface area (Å²) in [6, 6.07) is 6.64. The number of nitrogens with zero attached hydrogens (tertiary/aromatic N) is 3. The molecule has 32 heavy (non-hydrogen) atoms. The minimum atomic E-state index is -0.447. The van der Waals surface area contributed by atoms with Crippen molar-refractivity contribution in [2.24, 2.45) is 17.8 Å². The molecule has 0 unspecified atom stereocenters. The fourth-order valence-electron chi connectivity index (χ4n) is 6.32. The van der Waals surface area contributed by atoms with Gasteiger partial charge >= 0.3 is 11.7 Å². The maximum Gasteiger partial charge on any atom is 0.353 e. The zero-order valence-corrected chi connectivity index (χ0v) is 18.0. The summed E-state index contributed by atoms with van der Waals surface area (Å²) in [5.41, 5.74) is 0.581. The number of nitrogens with one attached hydrogen (secondary N) is 2. The molecule has 0 atom stereocenters. The van der Waals surface area contributed by atoms with Crippen LogP contribution in [0.15, 0.2) is 30.6 Å². The highest BCUT2D eigenvalue weighted by molar-refractivity contribution is 5.91. The number of esters is 1. The standard InChI is InChI=1S/C23H27N5O4/c1-2-32-22(29)17-4-3-5-18(9-17)26-20-19(28(30)31)21(25-13-24-20)27-23-10-14-6-15(11-23)8-16(7-14)12-23/h3-5,9,13-16H,2,6-8,10-12H2,1H3,(H2,24,25,26,27). The van der Waals surface area contributed by atoms with E-state index >= 15 is 0 Å². The summed E-state index contributed by atoms with van der Waals surface area (Å²) >= 11 is 0. The Kier molecular flexibility index (Phi) is 5.19. The molecule has 0 aliphatic heterocycles. The van der Waals surface area contributed by atoms with Crippen molar-refractivity contribution in [1.29, 1.82) is 0 Å². The highest BCUT2D eigenvalue weighted by atomic mass is 16.6.